The van der Waals surface area contributed by atoms with Gasteiger partial charge in [0, 0.05) is 25.7 Å². The van der Waals surface area contributed by atoms with Crippen molar-refractivity contribution in [3.63, 3.8) is 0 Å². The van der Waals surface area contributed by atoms with E-state index in [1.54, 1.807) is 6.07 Å². The van der Waals surface area contributed by atoms with Gasteiger partial charge in [0.15, 0.2) is 5.82 Å². The molecule has 0 amide bonds. The average molecular weight is 354 g/mol. The maximum atomic E-state index is 13.9. The zero-order valence-electron chi connectivity index (χ0n) is 14.6. The quantitative estimate of drug-likeness (QED) is 0.715. The topological polar surface area (TPSA) is 53.2 Å². The van der Waals surface area contributed by atoms with E-state index in [0.29, 0.717) is 12.1 Å². The van der Waals surface area contributed by atoms with Crippen molar-refractivity contribution < 1.29 is 9.13 Å². The highest BCUT2D eigenvalue weighted by molar-refractivity contribution is 5.75. The van der Waals surface area contributed by atoms with Gasteiger partial charge < -0.3 is 15.0 Å². The molecule has 1 saturated heterocycles. The van der Waals surface area contributed by atoms with E-state index in [4.69, 9.17) is 4.74 Å². The van der Waals surface area contributed by atoms with E-state index >= 15 is 0 Å². The summed E-state index contributed by atoms with van der Waals surface area (Å²) in [5, 5.41) is 3.58. The number of hydrogen-bond acceptors (Lipinski definition) is 4. The van der Waals surface area contributed by atoms with Gasteiger partial charge >= 0.3 is 0 Å². The second-order valence-corrected chi connectivity index (χ2v) is 6.58. The SMILES string of the molecule is Fc1cccc2[nH]c(CNC(CN3CCOCC3)c3ccccc3)nc12. The molecule has 1 aliphatic heterocycles. The number of H-pyrrole nitrogens is 1. The van der Waals surface area contributed by atoms with Crippen molar-refractivity contribution in [1.29, 1.82) is 0 Å². The molecule has 1 unspecified atom stereocenters. The Balaban J connectivity index is 1.49. The number of rotatable bonds is 6. The maximum absolute atomic E-state index is 13.9. The Morgan fingerprint density at radius 1 is 1.12 bits per heavy atom. The highest BCUT2D eigenvalue weighted by atomic mass is 19.1. The lowest BCUT2D eigenvalue weighted by Gasteiger charge is -2.31. The Labute approximate surface area is 152 Å². The molecular weight excluding hydrogens is 331 g/mol. The molecular formula is C20H23FN4O. The van der Waals surface area contributed by atoms with Gasteiger partial charge in [0.25, 0.3) is 0 Å². The average Bonchev–Trinajstić information content (AvgIpc) is 3.11. The van der Waals surface area contributed by atoms with E-state index in [0.717, 1.165) is 44.2 Å². The first-order valence-electron chi connectivity index (χ1n) is 9.01. The molecule has 5 nitrogen and oxygen atoms in total. The number of aromatic nitrogens is 2. The molecule has 2 aromatic carbocycles. The van der Waals surface area contributed by atoms with E-state index in [1.165, 1.54) is 11.6 Å². The predicted molar refractivity (Wildman–Crippen MR) is 99.3 cm³/mol. The lowest BCUT2D eigenvalue weighted by atomic mass is 10.1. The Bertz CT molecular complexity index is 845. The van der Waals surface area contributed by atoms with Crippen molar-refractivity contribution in [3.05, 3.63) is 65.7 Å². The summed E-state index contributed by atoms with van der Waals surface area (Å²) in [6, 6.07) is 15.6. The summed E-state index contributed by atoms with van der Waals surface area (Å²) < 4.78 is 19.3. The second kappa shape index (κ2) is 7.95. The fourth-order valence-electron chi connectivity index (χ4n) is 3.37. The van der Waals surface area contributed by atoms with E-state index in [1.807, 2.05) is 12.1 Å². The Kier molecular flexibility index (Phi) is 5.24. The van der Waals surface area contributed by atoms with Crippen molar-refractivity contribution in [2.75, 3.05) is 32.8 Å². The molecule has 0 bridgehead atoms. The number of imidazole rings is 1. The van der Waals surface area contributed by atoms with Gasteiger partial charge in [-0.25, -0.2) is 9.37 Å². The summed E-state index contributed by atoms with van der Waals surface area (Å²) in [7, 11) is 0. The van der Waals surface area contributed by atoms with Gasteiger partial charge in [0.05, 0.1) is 25.3 Å². The summed E-state index contributed by atoms with van der Waals surface area (Å²) in [4.78, 5) is 10.0. The van der Waals surface area contributed by atoms with E-state index in [9.17, 15) is 4.39 Å². The zero-order chi connectivity index (χ0) is 17.8. The van der Waals surface area contributed by atoms with Gasteiger partial charge in [0.2, 0.25) is 0 Å². The third kappa shape index (κ3) is 3.93. The molecule has 26 heavy (non-hydrogen) atoms. The molecule has 136 valence electrons. The van der Waals surface area contributed by atoms with Gasteiger partial charge in [-0.05, 0) is 17.7 Å². The van der Waals surface area contributed by atoms with Crippen molar-refractivity contribution in [2.45, 2.75) is 12.6 Å². The molecule has 0 saturated carbocycles. The van der Waals surface area contributed by atoms with Crippen LogP contribution in [0, 0.1) is 5.82 Å². The summed E-state index contributed by atoms with van der Waals surface area (Å²) in [6.45, 7) is 4.91. The van der Waals surface area contributed by atoms with Crippen LogP contribution < -0.4 is 5.32 Å². The Morgan fingerprint density at radius 2 is 1.92 bits per heavy atom. The van der Waals surface area contributed by atoms with E-state index < -0.39 is 0 Å². The number of morpholine rings is 1. The first kappa shape index (κ1) is 17.1. The number of para-hydroxylation sites is 1. The minimum atomic E-state index is -0.294. The monoisotopic (exact) mass is 354 g/mol. The van der Waals surface area contributed by atoms with Gasteiger partial charge in [0.1, 0.15) is 11.3 Å². The maximum Gasteiger partial charge on any atom is 0.151 e. The normalized spacial score (nSPS) is 16.8. The van der Waals surface area contributed by atoms with Crippen molar-refractivity contribution >= 4 is 11.0 Å². The highest BCUT2D eigenvalue weighted by Gasteiger charge is 2.18. The summed E-state index contributed by atoms with van der Waals surface area (Å²) in [6.07, 6.45) is 0. The van der Waals surface area contributed by atoms with Gasteiger partial charge in [-0.2, -0.15) is 0 Å². The lowest BCUT2D eigenvalue weighted by Crippen LogP contribution is -2.41. The van der Waals surface area contributed by atoms with Crippen LogP contribution in [0.2, 0.25) is 0 Å². The summed E-state index contributed by atoms with van der Waals surface area (Å²) >= 11 is 0. The number of halogens is 1. The number of fused-ring (bicyclic) bond motifs is 1. The number of hydrogen-bond donors (Lipinski definition) is 2. The number of nitrogens with zero attached hydrogens (tertiary/aromatic N) is 2. The molecule has 0 spiro atoms. The highest BCUT2D eigenvalue weighted by Crippen LogP contribution is 2.18. The standard InChI is InChI=1S/C20H23FN4O/c21-16-7-4-8-17-20(16)24-19(23-17)13-22-18(15-5-2-1-3-6-15)14-25-9-11-26-12-10-25/h1-8,18,22H,9-14H2,(H,23,24). The number of aromatic amines is 1. The van der Waals surface area contributed by atoms with Crippen LogP contribution in [0.4, 0.5) is 4.39 Å². The minimum absolute atomic E-state index is 0.173. The van der Waals surface area contributed by atoms with Crippen LogP contribution in [0.1, 0.15) is 17.4 Å². The van der Waals surface area contributed by atoms with Gasteiger partial charge in [-0.3, -0.25) is 4.90 Å². The molecule has 0 radical (unpaired) electrons. The van der Waals surface area contributed by atoms with Crippen LogP contribution in [0.3, 0.4) is 0 Å². The van der Waals surface area contributed by atoms with Crippen LogP contribution in [-0.4, -0.2) is 47.7 Å². The summed E-state index contributed by atoms with van der Waals surface area (Å²) in [5.41, 5.74) is 2.36. The molecule has 1 fully saturated rings. The van der Waals surface area contributed by atoms with Gasteiger partial charge in [-0.15, -0.1) is 0 Å². The largest absolute Gasteiger partial charge is 0.379 e. The molecule has 4 rings (SSSR count). The fraction of sp³-hybridized carbons (Fsp3) is 0.350. The Hall–Kier alpha value is -2.28. The smallest absolute Gasteiger partial charge is 0.151 e. The van der Waals surface area contributed by atoms with E-state index in [-0.39, 0.29) is 11.9 Å². The molecule has 2 N–H and O–H groups in total. The first-order chi connectivity index (χ1) is 12.8. The molecule has 6 heteroatoms. The van der Waals surface area contributed by atoms with Crippen LogP contribution in [0.5, 0.6) is 0 Å². The number of benzene rings is 2. The minimum Gasteiger partial charge on any atom is -0.379 e. The molecule has 1 atom stereocenters. The molecule has 3 aromatic rings. The van der Waals surface area contributed by atoms with Crippen molar-refractivity contribution in [3.8, 4) is 0 Å². The van der Waals surface area contributed by atoms with Crippen LogP contribution in [-0.2, 0) is 11.3 Å². The Morgan fingerprint density at radius 3 is 2.69 bits per heavy atom. The van der Waals surface area contributed by atoms with Crippen LogP contribution in [0.15, 0.2) is 48.5 Å². The number of ether oxygens (including phenoxy) is 1. The van der Waals surface area contributed by atoms with Crippen LogP contribution in [0.25, 0.3) is 11.0 Å². The zero-order valence-corrected chi connectivity index (χ0v) is 14.6. The van der Waals surface area contributed by atoms with Gasteiger partial charge in [-0.1, -0.05) is 36.4 Å². The third-order valence-electron chi connectivity index (χ3n) is 4.77. The number of nitrogens with one attached hydrogen (secondary N) is 2. The van der Waals surface area contributed by atoms with E-state index in [2.05, 4.69) is 44.5 Å². The molecule has 0 aliphatic carbocycles. The summed E-state index contributed by atoms with van der Waals surface area (Å²) in [5.74, 6) is 0.450. The second-order valence-electron chi connectivity index (χ2n) is 6.58. The predicted octanol–water partition coefficient (Wildman–Crippen LogP) is 2.87. The lowest BCUT2D eigenvalue weighted by molar-refractivity contribution is 0.0333. The fourth-order valence-corrected chi connectivity index (χ4v) is 3.37. The molecule has 1 aromatic heterocycles. The molecule has 1 aliphatic rings. The van der Waals surface area contributed by atoms with Crippen molar-refractivity contribution in [1.82, 2.24) is 20.2 Å². The first-order valence-corrected chi connectivity index (χ1v) is 9.01. The van der Waals surface area contributed by atoms with Crippen LogP contribution >= 0.6 is 0 Å². The third-order valence-corrected chi connectivity index (χ3v) is 4.77. The molecule has 2 heterocycles. The van der Waals surface area contributed by atoms with Crippen molar-refractivity contribution in [2.24, 2.45) is 0 Å².